The Bertz CT molecular complexity index is 697. The number of aromatic hydroxyl groups is 1. The number of ether oxygens (including phenoxy) is 2. The predicted molar refractivity (Wildman–Crippen MR) is 88.2 cm³/mol. The molecule has 2 heterocycles. The van der Waals surface area contributed by atoms with E-state index in [0.717, 1.165) is 5.56 Å². The largest absolute Gasteiger partial charge is 0.508 e. The van der Waals surface area contributed by atoms with Gasteiger partial charge >= 0.3 is 5.97 Å². The molecule has 0 saturated carbocycles. The van der Waals surface area contributed by atoms with Crippen molar-refractivity contribution in [2.45, 2.75) is 36.6 Å². The second-order valence-corrected chi connectivity index (χ2v) is 6.75. The second kappa shape index (κ2) is 7.79. The molecule has 148 valence electrons. The molecule has 0 spiro atoms. The summed E-state index contributed by atoms with van der Waals surface area (Å²) in [5.74, 6) is -3.20. The van der Waals surface area contributed by atoms with Crippen molar-refractivity contribution in [3.8, 4) is 5.75 Å². The highest BCUT2D eigenvalue weighted by Crippen LogP contribution is 2.28. The van der Waals surface area contributed by atoms with E-state index in [1.54, 1.807) is 12.1 Å². The van der Waals surface area contributed by atoms with E-state index in [9.17, 15) is 30.0 Å². The standard InChI is InChI=1S/C17H22N2O8/c20-10-3-1-9(2-4-10)5-11-16(24)18-6-13(21)26-7-12-14(22)15(23)17(25,27-12)8-19-11/h1-4,11-12,14-15,19-20,22-23,25H,5-8H2,(H,18,24)/p+1/t11-,12+,14+,15-,17+/m0/s1. The lowest BCUT2D eigenvalue weighted by atomic mass is 10.0. The molecule has 0 unspecified atom stereocenters. The Labute approximate surface area is 154 Å². The number of cyclic esters (lactones) is 1. The number of hydrogen-bond acceptors (Lipinski definition) is 8. The summed E-state index contributed by atoms with van der Waals surface area (Å²) in [6.45, 7) is -0.924. The molecule has 1 amide bonds. The fraction of sp³-hybridized carbons (Fsp3) is 0.529. The molecule has 27 heavy (non-hydrogen) atoms. The smallest absolute Gasteiger partial charge is 0.325 e. The van der Waals surface area contributed by atoms with Crippen LogP contribution < -0.4 is 10.6 Å². The van der Waals surface area contributed by atoms with Gasteiger partial charge in [0, 0.05) is 6.42 Å². The Morgan fingerprint density at radius 3 is 2.63 bits per heavy atom. The monoisotopic (exact) mass is 383 g/mol. The second-order valence-electron chi connectivity index (χ2n) is 6.75. The molecule has 10 nitrogen and oxygen atoms in total. The minimum absolute atomic E-state index is 0.0884. The first-order chi connectivity index (χ1) is 12.8. The van der Waals surface area contributed by atoms with Crippen molar-refractivity contribution in [1.82, 2.24) is 5.32 Å². The third kappa shape index (κ3) is 4.37. The fourth-order valence-corrected chi connectivity index (χ4v) is 3.17. The summed E-state index contributed by atoms with van der Waals surface area (Å²) in [5, 5.41) is 44.0. The van der Waals surface area contributed by atoms with Crippen molar-refractivity contribution in [2.75, 3.05) is 19.7 Å². The van der Waals surface area contributed by atoms with E-state index in [-0.39, 0.29) is 31.9 Å². The van der Waals surface area contributed by atoms with Crippen LogP contribution in [0.25, 0.3) is 0 Å². The Kier molecular flexibility index (Phi) is 5.63. The van der Waals surface area contributed by atoms with Gasteiger partial charge in [0.2, 0.25) is 5.79 Å². The van der Waals surface area contributed by atoms with Gasteiger partial charge in [0.15, 0.2) is 6.04 Å². The molecule has 2 saturated heterocycles. The number of aliphatic hydroxyl groups excluding tert-OH is 2. The Morgan fingerprint density at radius 2 is 1.93 bits per heavy atom. The van der Waals surface area contributed by atoms with Crippen LogP contribution in [0.1, 0.15) is 5.56 Å². The zero-order valence-corrected chi connectivity index (χ0v) is 14.4. The summed E-state index contributed by atoms with van der Waals surface area (Å²) in [6.07, 6.45) is -3.89. The molecule has 1 aromatic carbocycles. The molecule has 1 aromatic rings. The average Bonchev–Trinajstić information content (AvgIpc) is 2.86. The van der Waals surface area contributed by atoms with Gasteiger partial charge in [-0.2, -0.15) is 0 Å². The van der Waals surface area contributed by atoms with E-state index in [4.69, 9.17) is 9.47 Å². The SMILES string of the molecule is O=C1CNC(=O)[C@H](Cc2ccc(O)cc2)[NH2+]C[C@@]2(O)O[C@H](CO1)[C@@H](O)[C@@H]2O. The summed E-state index contributed by atoms with van der Waals surface area (Å²) >= 11 is 0. The van der Waals surface area contributed by atoms with Gasteiger partial charge in [0.05, 0.1) is 0 Å². The van der Waals surface area contributed by atoms with Crippen LogP contribution in [0.3, 0.4) is 0 Å². The van der Waals surface area contributed by atoms with Crippen LogP contribution in [0.15, 0.2) is 24.3 Å². The lowest BCUT2D eigenvalue weighted by molar-refractivity contribution is -0.697. The van der Waals surface area contributed by atoms with Gasteiger partial charge in [-0.25, -0.2) is 0 Å². The summed E-state index contributed by atoms with van der Waals surface area (Å²) in [4.78, 5) is 24.2. The number of amides is 1. The third-order valence-corrected chi connectivity index (χ3v) is 4.76. The van der Waals surface area contributed by atoms with E-state index in [0.29, 0.717) is 0 Å². The highest BCUT2D eigenvalue weighted by Gasteiger charge is 2.55. The number of phenolic OH excluding ortho intramolecular Hbond substituents is 1. The molecule has 5 atom stereocenters. The predicted octanol–water partition coefficient (Wildman–Crippen LogP) is -3.65. The first kappa shape index (κ1) is 19.5. The van der Waals surface area contributed by atoms with Gasteiger partial charge in [0.25, 0.3) is 5.91 Å². The minimum atomic E-state index is -2.09. The van der Waals surface area contributed by atoms with Crippen LogP contribution in [0.5, 0.6) is 5.75 Å². The number of rotatable bonds is 2. The van der Waals surface area contributed by atoms with Gasteiger partial charge in [-0.3, -0.25) is 9.59 Å². The Balaban J connectivity index is 1.79. The third-order valence-electron chi connectivity index (χ3n) is 4.76. The van der Waals surface area contributed by atoms with E-state index in [2.05, 4.69) is 5.32 Å². The van der Waals surface area contributed by atoms with Crippen LogP contribution >= 0.6 is 0 Å². The molecule has 0 aliphatic carbocycles. The quantitative estimate of drug-likeness (QED) is 0.285. The van der Waals surface area contributed by atoms with Gasteiger partial charge in [-0.1, -0.05) is 12.1 Å². The fourth-order valence-electron chi connectivity index (χ4n) is 3.17. The topological polar surface area (TPSA) is 162 Å². The highest BCUT2D eigenvalue weighted by atomic mass is 16.7. The summed E-state index contributed by atoms with van der Waals surface area (Å²) in [5.41, 5.74) is 0.747. The van der Waals surface area contributed by atoms with Crippen molar-refractivity contribution in [3.63, 3.8) is 0 Å². The number of quaternary nitrogens is 1. The van der Waals surface area contributed by atoms with Crippen molar-refractivity contribution in [2.24, 2.45) is 0 Å². The van der Waals surface area contributed by atoms with Crippen molar-refractivity contribution >= 4 is 11.9 Å². The van der Waals surface area contributed by atoms with Gasteiger partial charge < -0.3 is 40.5 Å². The Morgan fingerprint density at radius 1 is 1.22 bits per heavy atom. The maximum Gasteiger partial charge on any atom is 0.325 e. The number of benzene rings is 1. The number of fused-ring (bicyclic) bond motifs is 2. The average molecular weight is 383 g/mol. The van der Waals surface area contributed by atoms with Gasteiger partial charge in [-0.15, -0.1) is 0 Å². The lowest BCUT2D eigenvalue weighted by Crippen LogP contribution is -2.96. The number of nitrogens with one attached hydrogen (secondary N) is 1. The summed E-state index contributed by atoms with van der Waals surface area (Å²) < 4.78 is 10.3. The summed E-state index contributed by atoms with van der Waals surface area (Å²) in [6, 6.07) is 5.51. The number of nitrogens with two attached hydrogens (primary N) is 1. The molecular weight excluding hydrogens is 360 g/mol. The number of hydrogen-bond donors (Lipinski definition) is 6. The van der Waals surface area contributed by atoms with Crippen molar-refractivity contribution < 1.29 is 44.8 Å². The first-order valence-electron chi connectivity index (χ1n) is 8.59. The summed E-state index contributed by atoms with van der Waals surface area (Å²) in [7, 11) is 0. The number of carbonyl (C=O) groups excluding carboxylic acids is 2. The molecule has 3 rings (SSSR count). The molecule has 0 aromatic heterocycles. The van der Waals surface area contributed by atoms with Crippen molar-refractivity contribution in [1.29, 1.82) is 0 Å². The van der Waals surface area contributed by atoms with Crippen LogP contribution in [-0.2, 0) is 25.5 Å². The van der Waals surface area contributed by atoms with Gasteiger partial charge in [-0.05, 0) is 17.7 Å². The van der Waals surface area contributed by atoms with Crippen LogP contribution in [0.4, 0.5) is 0 Å². The first-order valence-corrected chi connectivity index (χ1v) is 8.59. The maximum absolute atomic E-state index is 12.5. The van der Waals surface area contributed by atoms with E-state index in [1.807, 2.05) is 0 Å². The van der Waals surface area contributed by atoms with E-state index >= 15 is 0 Å². The van der Waals surface area contributed by atoms with E-state index < -0.39 is 42.0 Å². The molecule has 2 fully saturated rings. The van der Waals surface area contributed by atoms with Crippen molar-refractivity contribution in [3.05, 3.63) is 29.8 Å². The Hall–Kier alpha value is -2.24. The molecule has 7 N–H and O–H groups in total. The molecule has 2 bridgehead atoms. The van der Waals surface area contributed by atoms with E-state index in [1.165, 1.54) is 17.4 Å². The van der Waals surface area contributed by atoms with Crippen LogP contribution in [0.2, 0.25) is 0 Å². The molecule has 10 heteroatoms. The number of phenols is 1. The molecular formula is C17H23N2O8+. The van der Waals surface area contributed by atoms with Crippen LogP contribution in [-0.4, -0.2) is 82.1 Å². The zero-order chi connectivity index (χ0) is 19.6. The number of aliphatic hydroxyl groups is 3. The molecule has 2 aliphatic heterocycles. The molecule has 0 radical (unpaired) electrons. The van der Waals surface area contributed by atoms with Crippen LogP contribution in [0, 0.1) is 0 Å². The molecule has 2 aliphatic rings. The zero-order valence-electron chi connectivity index (χ0n) is 14.4. The minimum Gasteiger partial charge on any atom is -0.508 e. The highest BCUT2D eigenvalue weighted by molar-refractivity contribution is 5.84. The lowest BCUT2D eigenvalue weighted by Gasteiger charge is -2.26. The maximum atomic E-state index is 12.5. The number of carbonyl (C=O) groups is 2. The van der Waals surface area contributed by atoms with Gasteiger partial charge in [0.1, 0.15) is 43.8 Å². The normalized spacial score (nSPS) is 34.9. The number of esters is 1.